The maximum Gasteiger partial charge on any atom is 0.175 e. The molecule has 0 saturated carbocycles. The number of nitrogens with one attached hydrogen (secondary N) is 3. The van der Waals surface area contributed by atoms with Crippen LogP contribution in [0.3, 0.4) is 0 Å². The largest absolute Gasteiger partial charge is 0.366 e. The molecule has 3 N–H and O–H groups in total. The molecule has 0 spiro atoms. The van der Waals surface area contributed by atoms with Crippen LogP contribution in [0.2, 0.25) is 0 Å². The summed E-state index contributed by atoms with van der Waals surface area (Å²) >= 11 is 5.15. The van der Waals surface area contributed by atoms with Gasteiger partial charge in [0.05, 0.1) is 5.69 Å². The molecule has 4 heteroatoms. The Kier molecular flexibility index (Phi) is 2.99. The van der Waals surface area contributed by atoms with Gasteiger partial charge >= 0.3 is 0 Å². The molecule has 0 radical (unpaired) electrons. The van der Waals surface area contributed by atoms with Gasteiger partial charge in [-0.15, -0.1) is 0 Å². The van der Waals surface area contributed by atoms with Crippen LogP contribution in [0.15, 0.2) is 48.8 Å². The van der Waals surface area contributed by atoms with Crippen LogP contribution < -0.4 is 10.6 Å². The fourth-order valence-corrected chi connectivity index (χ4v) is 1.45. The van der Waals surface area contributed by atoms with E-state index in [2.05, 4.69) is 15.6 Å². The number of hydrogen-bond acceptors (Lipinski definition) is 1. The molecule has 1 aromatic carbocycles. The second-order valence-electron chi connectivity index (χ2n) is 3.04. The number of anilines is 2. The van der Waals surface area contributed by atoms with Crippen LogP contribution in [0.25, 0.3) is 0 Å². The predicted octanol–water partition coefficient (Wildman–Crippen LogP) is 2.82. The van der Waals surface area contributed by atoms with Crippen LogP contribution in [0.4, 0.5) is 11.4 Å². The molecule has 1 heterocycles. The van der Waals surface area contributed by atoms with Gasteiger partial charge in [0, 0.05) is 18.1 Å². The zero-order chi connectivity index (χ0) is 10.5. The topological polar surface area (TPSA) is 39.8 Å². The monoisotopic (exact) mass is 217 g/mol. The second-order valence-corrected chi connectivity index (χ2v) is 3.45. The number of hydrogen-bond donors (Lipinski definition) is 3. The Balaban J connectivity index is 1.94. The smallest absolute Gasteiger partial charge is 0.175 e. The summed E-state index contributed by atoms with van der Waals surface area (Å²) in [5.74, 6) is 0. The number of para-hydroxylation sites is 1. The maximum atomic E-state index is 5.15. The van der Waals surface area contributed by atoms with Crippen molar-refractivity contribution in [2.45, 2.75) is 0 Å². The van der Waals surface area contributed by atoms with Crippen molar-refractivity contribution in [1.82, 2.24) is 4.98 Å². The highest BCUT2D eigenvalue weighted by Gasteiger charge is 1.97. The molecule has 0 aliphatic heterocycles. The highest BCUT2D eigenvalue weighted by atomic mass is 32.1. The van der Waals surface area contributed by atoms with Gasteiger partial charge in [0.25, 0.3) is 0 Å². The van der Waals surface area contributed by atoms with Gasteiger partial charge in [-0.3, -0.25) is 0 Å². The standard InChI is InChI=1S/C11H11N3S/c15-11(14-10-6-7-12-8-10)13-9-4-2-1-3-5-9/h1-8,12H,(H2,13,14,15). The first-order valence-electron chi connectivity index (χ1n) is 4.60. The van der Waals surface area contributed by atoms with E-state index >= 15 is 0 Å². The van der Waals surface area contributed by atoms with E-state index in [0.29, 0.717) is 5.11 Å². The quantitative estimate of drug-likeness (QED) is 0.677. The SMILES string of the molecule is S=C(Nc1ccccc1)Nc1cc[nH]c1. The lowest BCUT2D eigenvalue weighted by atomic mass is 10.3. The van der Waals surface area contributed by atoms with Gasteiger partial charge in [-0.25, -0.2) is 0 Å². The Hall–Kier alpha value is -1.81. The van der Waals surface area contributed by atoms with E-state index in [1.165, 1.54) is 0 Å². The van der Waals surface area contributed by atoms with Gasteiger partial charge in [0.15, 0.2) is 5.11 Å². The Morgan fingerprint density at radius 3 is 2.40 bits per heavy atom. The van der Waals surface area contributed by atoms with E-state index in [4.69, 9.17) is 12.2 Å². The minimum atomic E-state index is 0.584. The molecule has 0 atom stereocenters. The number of thiocarbonyl (C=S) groups is 1. The predicted molar refractivity (Wildman–Crippen MR) is 67.1 cm³/mol. The lowest BCUT2D eigenvalue weighted by Gasteiger charge is -2.08. The van der Waals surface area contributed by atoms with Crippen molar-refractivity contribution in [1.29, 1.82) is 0 Å². The zero-order valence-electron chi connectivity index (χ0n) is 8.03. The first-order valence-corrected chi connectivity index (χ1v) is 5.01. The number of aromatic amines is 1. The molecule has 0 aliphatic rings. The van der Waals surface area contributed by atoms with Crippen molar-refractivity contribution in [3.63, 3.8) is 0 Å². The van der Waals surface area contributed by atoms with Crippen molar-refractivity contribution in [3.05, 3.63) is 48.8 Å². The van der Waals surface area contributed by atoms with Crippen molar-refractivity contribution in [2.24, 2.45) is 0 Å². The number of aromatic nitrogens is 1. The average molecular weight is 217 g/mol. The molecular weight excluding hydrogens is 206 g/mol. The molecule has 0 fully saturated rings. The first-order chi connectivity index (χ1) is 7.34. The Morgan fingerprint density at radius 1 is 1.00 bits per heavy atom. The van der Waals surface area contributed by atoms with Crippen LogP contribution in [0.1, 0.15) is 0 Å². The summed E-state index contributed by atoms with van der Waals surface area (Å²) in [6.07, 6.45) is 3.69. The Bertz CT molecular complexity index is 422. The fourth-order valence-electron chi connectivity index (χ4n) is 1.22. The van der Waals surface area contributed by atoms with Gasteiger partial charge in [0.1, 0.15) is 0 Å². The lowest BCUT2D eigenvalue weighted by molar-refractivity contribution is 1.41. The normalized spacial score (nSPS) is 9.60. The van der Waals surface area contributed by atoms with Gasteiger partial charge < -0.3 is 15.6 Å². The van der Waals surface area contributed by atoms with E-state index in [-0.39, 0.29) is 0 Å². The summed E-state index contributed by atoms with van der Waals surface area (Å²) in [4.78, 5) is 2.95. The highest BCUT2D eigenvalue weighted by molar-refractivity contribution is 7.80. The summed E-state index contributed by atoms with van der Waals surface area (Å²) in [7, 11) is 0. The third-order valence-corrected chi connectivity index (χ3v) is 2.09. The van der Waals surface area contributed by atoms with Crippen molar-refractivity contribution < 1.29 is 0 Å². The lowest BCUT2D eigenvalue weighted by Crippen LogP contribution is -2.18. The van der Waals surface area contributed by atoms with Crippen molar-refractivity contribution >= 4 is 28.7 Å². The highest BCUT2D eigenvalue weighted by Crippen LogP contribution is 2.08. The molecule has 2 rings (SSSR count). The summed E-state index contributed by atoms with van der Waals surface area (Å²) in [6.45, 7) is 0. The number of rotatable bonds is 2. The van der Waals surface area contributed by atoms with Gasteiger partial charge in [-0.1, -0.05) is 18.2 Å². The van der Waals surface area contributed by atoms with Crippen molar-refractivity contribution in [3.8, 4) is 0 Å². The van der Waals surface area contributed by atoms with Gasteiger partial charge in [-0.05, 0) is 30.4 Å². The first kappa shape index (κ1) is 9.73. The minimum absolute atomic E-state index is 0.584. The number of H-pyrrole nitrogens is 1. The van der Waals surface area contributed by atoms with Crippen LogP contribution in [0.5, 0.6) is 0 Å². The Labute approximate surface area is 93.5 Å². The Morgan fingerprint density at radius 2 is 1.73 bits per heavy atom. The average Bonchev–Trinajstić information content (AvgIpc) is 2.71. The van der Waals surface area contributed by atoms with Crippen LogP contribution in [-0.2, 0) is 0 Å². The van der Waals surface area contributed by atoms with E-state index in [1.54, 1.807) is 0 Å². The van der Waals surface area contributed by atoms with Crippen LogP contribution >= 0.6 is 12.2 Å². The molecule has 2 aromatic rings. The van der Waals surface area contributed by atoms with E-state index < -0.39 is 0 Å². The summed E-state index contributed by atoms with van der Waals surface area (Å²) in [5.41, 5.74) is 1.92. The number of benzene rings is 1. The van der Waals surface area contributed by atoms with E-state index in [1.807, 2.05) is 48.8 Å². The van der Waals surface area contributed by atoms with E-state index in [0.717, 1.165) is 11.4 Å². The molecule has 1 aromatic heterocycles. The third-order valence-electron chi connectivity index (χ3n) is 1.89. The third kappa shape index (κ3) is 2.82. The fraction of sp³-hybridized carbons (Fsp3) is 0. The molecule has 15 heavy (non-hydrogen) atoms. The zero-order valence-corrected chi connectivity index (χ0v) is 8.84. The minimum Gasteiger partial charge on any atom is -0.366 e. The molecule has 76 valence electrons. The van der Waals surface area contributed by atoms with Crippen LogP contribution in [-0.4, -0.2) is 10.1 Å². The molecule has 0 amide bonds. The van der Waals surface area contributed by atoms with Gasteiger partial charge in [0.2, 0.25) is 0 Å². The summed E-state index contributed by atoms with van der Waals surface area (Å²) < 4.78 is 0. The van der Waals surface area contributed by atoms with Gasteiger partial charge in [-0.2, -0.15) is 0 Å². The van der Waals surface area contributed by atoms with E-state index in [9.17, 15) is 0 Å². The molecule has 3 nitrogen and oxygen atoms in total. The summed E-state index contributed by atoms with van der Waals surface area (Å²) in [6, 6.07) is 11.7. The molecule has 0 saturated heterocycles. The summed E-state index contributed by atoms with van der Waals surface area (Å²) in [5, 5.41) is 6.73. The van der Waals surface area contributed by atoms with Crippen molar-refractivity contribution in [2.75, 3.05) is 10.6 Å². The second kappa shape index (κ2) is 4.61. The van der Waals surface area contributed by atoms with Crippen LogP contribution in [0, 0.1) is 0 Å². The molecule has 0 aliphatic carbocycles. The molecular formula is C11H11N3S. The maximum absolute atomic E-state index is 5.15. The molecule has 0 bridgehead atoms. The molecule has 0 unspecified atom stereocenters.